The van der Waals surface area contributed by atoms with Gasteiger partial charge in [-0.05, 0) is 48.0 Å². The van der Waals surface area contributed by atoms with Crippen molar-refractivity contribution in [1.82, 2.24) is 4.57 Å². The number of anilines is 1. The standard InChI is InChI=1S/C21H17ClN2O4S2/c1-28-17-4-2-3-16(11-17)23-30(26,27)18-9-10-19-20(12-18)29-21(25)24(19)13-14-5-7-15(22)8-6-14/h2-12,23H,13H2,1H3. The molecule has 0 amide bonds. The lowest BCUT2D eigenvalue weighted by molar-refractivity contribution is 0.415. The van der Waals surface area contributed by atoms with Gasteiger partial charge >= 0.3 is 4.87 Å². The first-order valence-corrected chi connectivity index (χ1v) is 11.6. The highest BCUT2D eigenvalue weighted by Gasteiger charge is 2.17. The van der Waals surface area contributed by atoms with Gasteiger partial charge in [0.1, 0.15) is 5.75 Å². The van der Waals surface area contributed by atoms with E-state index >= 15 is 0 Å². The van der Waals surface area contributed by atoms with Crippen LogP contribution in [0.1, 0.15) is 5.56 Å². The molecule has 0 radical (unpaired) electrons. The van der Waals surface area contributed by atoms with Gasteiger partial charge in [0.25, 0.3) is 10.0 Å². The molecule has 1 N–H and O–H groups in total. The number of ether oxygens (including phenoxy) is 1. The van der Waals surface area contributed by atoms with E-state index < -0.39 is 10.0 Å². The Morgan fingerprint density at radius 2 is 1.83 bits per heavy atom. The Morgan fingerprint density at radius 3 is 2.57 bits per heavy atom. The summed E-state index contributed by atoms with van der Waals surface area (Å²) in [5, 5.41) is 0.625. The molecule has 1 aromatic heterocycles. The highest BCUT2D eigenvalue weighted by Crippen LogP contribution is 2.25. The van der Waals surface area contributed by atoms with E-state index in [9.17, 15) is 13.2 Å². The maximum atomic E-state index is 12.8. The van der Waals surface area contributed by atoms with E-state index in [0.717, 1.165) is 16.9 Å². The lowest BCUT2D eigenvalue weighted by Gasteiger charge is -2.10. The zero-order chi connectivity index (χ0) is 21.3. The number of fused-ring (bicyclic) bond motifs is 1. The van der Waals surface area contributed by atoms with E-state index in [0.29, 0.717) is 33.2 Å². The first-order chi connectivity index (χ1) is 14.4. The number of sulfonamides is 1. The van der Waals surface area contributed by atoms with Crippen LogP contribution in [-0.4, -0.2) is 20.1 Å². The van der Waals surface area contributed by atoms with Crippen LogP contribution in [0.25, 0.3) is 10.2 Å². The third-order valence-corrected chi connectivity index (χ3v) is 7.10. The van der Waals surface area contributed by atoms with Gasteiger partial charge in [-0.15, -0.1) is 0 Å². The Balaban J connectivity index is 1.66. The minimum Gasteiger partial charge on any atom is -0.497 e. The van der Waals surface area contributed by atoms with E-state index in [-0.39, 0.29) is 9.77 Å². The predicted octanol–water partition coefficient (Wildman–Crippen LogP) is 4.57. The molecule has 30 heavy (non-hydrogen) atoms. The highest BCUT2D eigenvalue weighted by atomic mass is 35.5. The van der Waals surface area contributed by atoms with Gasteiger partial charge < -0.3 is 4.74 Å². The van der Waals surface area contributed by atoms with Gasteiger partial charge in [0.15, 0.2) is 0 Å². The molecule has 0 fully saturated rings. The molecule has 0 aliphatic rings. The van der Waals surface area contributed by atoms with E-state index in [4.69, 9.17) is 16.3 Å². The van der Waals surface area contributed by atoms with Crippen LogP contribution in [0.3, 0.4) is 0 Å². The summed E-state index contributed by atoms with van der Waals surface area (Å²) in [5.41, 5.74) is 2.00. The molecule has 0 saturated heterocycles. The fraction of sp³-hybridized carbons (Fsp3) is 0.0952. The lowest BCUT2D eigenvalue weighted by atomic mass is 10.2. The second-order valence-corrected chi connectivity index (χ2v) is 9.66. The third kappa shape index (κ3) is 4.21. The Hall–Kier alpha value is -2.81. The van der Waals surface area contributed by atoms with Gasteiger partial charge in [-0.3, -0.25) is 14.1 Å². The summed E-state index contributed by atoms with van der Waals surface area (Å²) >= 11 is 6.93. The summed E-state index contributed by atoms with van der Waals surface area (Å²) < 4.78 is 35.5. The molecule has 0 aliphatic carbocycles. The van der Waals surface area contributed by atoms with Gasteiger partial charge in [0.05, 0.1) is 34.5 Å². The number of hydrogen-bond donors (Lipinski definition) is 1. The van der Waals surface area contributed by atoms with Crippen molar-refractivity contribution >= 4 is 48.9 Å². The molecule has 0 aliphatic heterocycles. The summed E-state index contributed by atoms with van der Waals surface area (Å²) in [6.07, 6.45) is 0. The molecule has 4 rings (SSSR count). The van der Waals surface area contributed by atoms with Gasteiger partial charge in [0.2, 0.25) is 0 Å². The molecule has 0 saturated carbocycles. The Bertz CT molecular complexity index is 1380. The normalized spacial score (nSPS) is 11.5. The first kappa shape index (κ1) is 20.5. The molecular formula is C21H17ClN2O4S2. The van der Waals surface area contributed by atoms with Crippen molar-refractivity contribution in [2.75, 3.05) is 11.8 Å². The van der Waals surface area contributed by atoms with E-state index in [1.54, 1.807) is 47.0 Å². The van der Waals surface area contributed by atoms with Crippen molar-refractivity contribution in [3.8, 4) is 5.75 Å². The summed E-state index contributed by atoms with van der Waals surface area (Å²) in [4.78, 5) is 12.4. The molecule has 9 heteroatoms. The quantitative estimate of drug-likeness (QED) is 0.457. The van der Waals surface area contributed by atoms with Crippen LogP contribution < -0.4 is 14.3 Å². The monoisotopic (exact) mass is 460 g/mol. The Labute approximate surface area is 182 Å². The van der Waals surface area contributed by atoms with Crippen molar-refractivity contribution in [3.05, 3.63) is 87.0 Å². The summed E-state index contributed by atoms with van der Waals surface area (Å²) in [5.74, 6) is 0.545. The third-order valence-electron chi connectivity index (χ3n) is 4.53. The Kier molecular flexibility index (Phi) is 5.55. The minimum absolute atomic E-state index is 0.0812. The zero-order valence-corrected chi connectivity index (χ0v) is 18.2. The fourth-order valence-electron chi connectivity index (χ4n) is 3.04. The number of methoxy groups -OCH3 is 1. The average Bonchev–Trinajstić information content (AvgIpc) is 3.04. The second-order valence-electron chi connectivity index (χ2n) is 6.55. The smallest absolute Gasteiger partial charge is 0.308 e. The van der Waals surface area contributed by atoms with Crippen LogP contribution in [0.4, 0.5) is 5.69 Å². The molecule has 4 aromatic rings. The van der Waals surface area contributed by atoms with Gasteiger partial charge in [-0.2, -0.15) is 0 Å². The lowest BCUT2D eigenvalue weighted by Crippen LogP contribution is -2.14. The van der Waals surface area contributed by atoms with Crippen LogP contribution in [0.15, 0.2) is 76.4 Å². The number of nitrogens with zero attached hydrogens (tertiary/aromatic N) is 1. The molecule has 1 heterocycles. The van der Waals surface area contributed by atoms with Crippen molar-refractivity contribution in [3.63, 3.8) is 0 Å². The van der Waals surface area contributed by atoms with Gasteiger partial charge in [-0.25, -0.2) is 8.42 Å². The number of rotatable bonds is 6. The van der Waals surface area contributed by atoms with Crippen molar-refractivity contribution in [2.45, 2.75) is 11.4 Å². The van der Waals surface area contributed by atoms with Crippen LogP contribution in [0.2, 0.25) is 5.02 Å². The van der Waals surface area contributed by atoms with E-state index in [1.807, 2.05) is 12.1 Å². The first-order valence-electron chi connectivity index (χ1n) is 8.90. The minimum atomic E-state index is -3.82. The van der Waals surface area contributed by atoms with Crippen LogP contribution >= 0.6 is 22.9 Å². The van der Waals surface area contributed by atoms with Crippen LogP contribution in [0, 0.1) is 0 Å². The zero-order valence-electron chi connectivity index (χ0n) is 15.8. The number of halogens is 1. The molecular weight excluding hydrogens is 444 g/mol. The summed E-state index contributed by atoms with van der Waals surface area (Å²) in [7, 11) is -2.31. The molecule has 154 valence electrons. The van der Waals surface area contributed by atoms with Crippen molar-refractivity contribution in [2.24, 2.45) is 0 Å². The molecule has 0 bridgehead atoms. The Morgan fingerprint density at radius 1 is 1.07 bits per heavy atom. The number of hydrogen-bond acceptors (Lipinski definition) is 5. The topological polar surface area (TPSA) is 77.4 Å². The molecule has 6 nitrogen and oxygen atoms in total. The van der Waals surface area contributed by atoms with Gasteiger partial charge in [0, 0.05) is 11.1 Å². The fourth-order valence-corrected chi connectivity index (χ4v) is 5.24. The SMILES string of the molecule is COc1cccc(NS(=O)(=O)c2ccc3c(c2)sc(=O)n3Cc2ccc(Cl)cc2)c1. The molecule has 0 unspecified atom stereocenters. The molecule has 0 atom stereocenters. The second kappa shape index (κ2) is 8.14. The predicted molar refractivity (Wildman–Crippen MR) is 120 cm³/mol. The summed E-state index contributed by atoms with van der Waals surface area (Å²) in [6.45, 7) is 0.379. The number of benzene rings is 3. The maximum absolute atomic E-state index is 12.8. The molecule has 0 spiro atoms. The average molecular weight is 461 g/mol. The van der Waals surface area contributed by atoms with E-state index in [2.05, 4.69) is 4.72 Å². The number of nitrogens with one attached hydrogen (secondary N) is 1. The van der Waals surface area contributed by atoms with E-state index in [1.165, 1.54) is 19.2 Å². The largest absolute Gasteiger partial charge is 0.497 e. The van der Waals surface area contributed by atoms with Crippen LogP contribution in [-0.2, 0) is 16.6 Å². The number of thiazole rings is 1. The number of aromatic nitrogens is 1. The van der Waals surface area contributed by atoms with Crippen molar-refractivity contribution < 1.29 is 13.2 Å². The van der Waals surface area contributed by atoms with Gasteiger partial charge in [-0.1, -0.05) is 41.1 Å². The van der Waals surface area contributed by atoms with Crippen LogP contribution in [0.5, 0.6) is 5.75 Å². The summed E-state index contributed by atoms with van der Waals surface area (Å²) in [6, 6.07) is 18.6. The van der Waals surface area contributed by atoms with Crippen molar-refractivity contribution in [1.29, 1.82) is 0 Å². The highest BCUT2D eigenvalue weighted by molar-refractivity contribution is 7.92. The molecule has 3 aromatic carbocycles. The maximum Gasteiger partial charge on any atom is 0.308 e.